The van der Waals surface area contributed by atoms with E-state index in [-0.39, 0.29) is 12.1 Å². The Morgan fingerprint density at radius 1 is 1.10 bits per heavy atom. The fourth-order valence-corrected chi connectivity index (χ4v) is 2.49. The van der Waals surface area contributed by atoms with Gasteiger partial charge in [0, 0.05) is 26.3 Å². The third-order valence-corrected chi connectivity index (χ3v) is 4.25. The summed E-state index contributed by atoms with van der Waals surface area (Å²) in [5.41, 5.74) is 2.21. The van der Waals surface area contributed by atoms with Crippen molar-refractivity contribution in [2.45, 2.75) is 19.6 Å². The van der Waals surface area contributed by atoms with Gasteiger partial charge < -0.3 is 15.0 Å². The number of carbonyl (C=O) groups is 3. The van der Waals surface area contributed by atoms with Crippen molar-refractivity contribution in [1.82, 2.24) is 10.6 Å². The molecule has 31 heavy (non-hydrogen) atoms. The van der Waals surface area contributed by atoms with Gasteiger partial charge in [0.15, 0.2) is 6.10 Å². The van der Waals surface area contributed by atoms with Crippen LogP contribution in [0.4, 0.5) is 10.5 Å². The second-order valence-electron chi connectivity index (χ2n) is 6.86. The number of nitriles is 1. The highest BCUT2D eigenvalue weighted by molar-refractivity contribution is 6.01. The molecule has 0 saturated heterocycles. The van der Waals surface area contributed by atoms with Crippen molar-refractivity contribution in [2.24, 2.45) is 0 Å². The maximum atomic E-state index is 12.3. The molecule has 0 heterocycles. The van der Waals surface area contributed by atoms with E-state index in [1.807, 2.05) is 61.5 Å². The van der Waals surface area contributed by atoms with Crippen LogP contribution in [0.15, 0.2) is 60.2 Å². The van der Waals surface area contributed by atoms with Crippen LogP contribution in [0.5, 0.6) is 0 Å². The number of hydrogen-bond acceptors (Lipinski definition) is 6. The lowest BCUT2D eigenvalue weighted by atomic mass is 10.1. The van der Waals surface area contributed by atoms with Crippen LogP contribution in [0.3, 0.4) is 0 Å². The molecule has 0 bridgehead atoms. The number of ether oxygens (including phenoxy) is 1. The Morgan fingerprint density at radius 3 is 2.32 bits per heavy atom. The van der Waals surface area contributed by atoms with Gasteiger partial charge in [-0.15, -0.1) is 0 Å². The summed E-state index contributed by atoms with van der Waals surface area (Å²) < 4.78 is 5.03. The second-order valence-corrected chi connectivity index (χ2v) is 6.86. The molecular formula is C23H24N4O4. The molecule has 0 aromatic heterocycles. The van der Waals surface area contributed by atoms with E-state index in [0.29, 0.717) is 5.56 Å². The van der Waals surface area contributed by atoms with E-state index in [2.05, 4.69) is 10.6 Å². The van der Waals surface area contributed by atoms with Crippen molar-refractivity contribution in [3.63, 3.8) is 0 Å². The maximum Gasteiger partial charge on any atom is 0.349 e. The number of urea groups is 1. The van der Waals surface area contributed by atoms with Gasteiger partial charge in [0.1, 0.15) is 11.6 Å². The number of hydrogen-bond donors (Lipinski definition) is 2. The topological polar surface area (TPSA) is 112 Å². The normalized spacial score (nSPS) is 11.6. The van der Waals surface area contributed by atoms with E-state index < -0.39 is 24.0 Å². The Hall–Kier alpha value is -4.12. The number of anilines is 1. The van der Waals surface area contributed by atoms with Gasteiger partial charge in [0.2, 0.25) is 0 Å². The molecule has 0 fully saturated rings. The molecule has 0 aliphatic heterocycles. The first-order valence-electron chi connectivity index (χ1n) is 9.53. The molecule has 0 unspecified atom stereocenters. The molecule has 0 radical (unpaired) electrons. The van der Waals surface area contributed by atoms with E-state index in [1.165, 1.54) is 13.0 Å². The Bertz CT molecular complexity index is 992. The van der Waals surface area contributed by atoms with E-state index in [0.717, 1.165) is 11.3 Å². The summed E-state index contributed by atoms with van der Waals surface area (Å²) in [6.45, 7) is 1.56. The summed E-state index contributed by atoms with van der Waals surface area (Å²) in [5, 5.41) is 13.9. The molecular weight excluding hydrogens is 396 g/mol. The number of amides is 3. The van der Waals surface area contributed by atoms with Gasteiger partial charge in [-0.2, -0.15) is 5.26 Å². The zero-order chi connectivity index (χ0) is 22.8. The highest BCUT2D eigenvalue weighted by atomic mass is 16.5. The lowest BCUT2D eigenvalue weighted by Crippen LogP contribution is -2.44. The van der Waals surface area contributed by atoms with Crippen LogP contribution in [-0.4, -0.2) is 38.1 Å². The quantitative estimate of drug-likeness (QED) is 0.405. The minimum Gasteiger partial charge on any atom is -0.448 e. The standard InChI is InChI=1S/C23H24N4O4/c1-16(21(28)26-23(30)25-15-18-7-5-4-6-8-18)31-22(29)19(14-24)13-17-9-11-20(12-10-17)27(2)3/h4-13,16H,15H2,1-3H3,(H2,25,26,28,30)/b19-13+/t16-/m0/s1. The predicted octanol–water partition coefficient (Wildman–Crippen LogP) is 2.62. The van der Waals surface area contributed by atoms with Crippen LogP contribution in [-0.2, 0) is 20.9 Å². The van der Waals surface area contributed by atoms with Gasteiger partial charge in [0.05, 0.1) is 0 Å². The highest BCUT2D eigenvalue weighted by Gasteiger charge is 2.22. The Balaban J connectivity index is 1.90. The van der Waals surface area contributed by atoms with Crippen LogP contribution < -0.4 is 15.5 Å². The van der Waals surface area contributed by atoms with E-state index in [4.69, 9.17) is 4.74 Å². The molecule has 2 N–H and O–H groups in total. The van der Waals surface area contributed by atoms with Gasteiger partial charge in [-0.1, -0.05) is 42.5 Å². The van der Waals surface area contributed by atoms with E-state index in [1.54, 1.807) is 18.2 Å². The molecule has 0 spiro atoms. The third-order valence-electron chi connectivity index (χ3n) is 4.25. The van der Waals surface area contributed by atoms with Gasteiger partial charge in [-0.3, -0.25) is 10.1 Å². The van der Waals surface area contributed by atoms with Crippen LogP contribution >= 0.6 is 0 Å². The maximum absolute atomic E-state index is 12.3. The SMILES string of the molecule is C[C@H](OC(=O)/C(C#N)=C/c1ccc(N(C)C)cc1)C(=O)NC(=O)NCc1ccccc1. The first kappa shape index (κ1) is 23.2. The zero-order valence-electron chi connectivity index (χ0n) is 17.6. The van der Waals surface area contributed by atoms with Gasteiger partial charge in [-0.05, 0) is 36.3 Å². The number of benzene rings is 2. The molecule has 8 nitrogen and oxygen atoms in total. The molecule has 1 atom stereocenters. The smallest absolute Gasteiger partial charge is 0.349 e. The van der Waals surface area contributed by atoms with Crippen molar-refractivity contribution in [3.05, 3.63) is 71.3 Å². The van der Waals surface area contributed by atoms with Crippen molar-refractivity contribution in [1.29, 1.82) is 5.26 Å². The summed E-state index contributed by atoms with van der Waals surface area (Å²) in [7, 11) is 3.80. The van der Waals surface area contributed by atoms with Crippen LogP contribution in [0.1, 0.15) is 18.1 Å². The predicted molar refractivity (Wildman–Crippen MR) is 117 cm³/mol. The summed E-state index contributed by atoms with van der Waals surface area (Å²) >= 11 is 0. The first-order valence-corrected chi connectivity index (χ1v) is 9.53. The average Bonchev–Trinajstić information content (AvgIpc) is 2.76. The summed E-state index contributed by atoms with van der Waals surface area (Å²) in [6, 6.07) is 17.4. The molecule has 2 rings (SSSR count). The summed E-state index contributed by atoms with van der Waals surface area (Å²) in [6.07, 6.45) is 0.113. The monoisotopic (exact) mass is 420 g/mol. The van der Waals surface area contributed by atoms with E-state index >= 15 is 0 Å². The van der Waals surface area contributed by atoms with Crippen molar-refractivity contribution in [2.75, 3.05) is 19.0 Å². The molecule has 0 aliphatic carbocycles. The molecule has 0 saturated carbocycles. The Labute approximate surface area is 181 Å². The minimum atomic E-state index is -1.26. The van der Waals surface area contributed by atoms with Crippen LogP contribution in [0.2, 0.25) is 0 Å². The number of nitrogens with zero attached hydrogens (tertiary/aromatic N) is 2. The summed E-state index contributed by atoms with van der Waals surface area (Å²) in [4.78, 5) is 38.2. The number of nitrogens with one attached hydrogen (secondary N) is 2. The molecule has 2 aromatic rings. The molecule has 3 amide bonds. The van der Waals surface area contributed by atoms with Crippen molar-refractivity contribution >= 4 is 29.7 Å². The Kier molecular flexibility index (Phi) is 8.34. The highest BCUT2D eigenvalue weighted by Crippen LogP contribution is 2.15. The lowest BCUT2D eigenvalue weighted by molar-refractivity contribution is -0.150. The van der Waals surface area contributed by atoms with E-state index in [9.17, 15) is 19.6 Å². The largest absolute Gasteiger partial charge is 0.448 e. The fraction of sp³-hybridized carbons (Fsp3) is 0.217. The number of esters is 1. The van der Waals surface area contributed by atoms with Crippen molar-refractivity contribution in [3.8, 4) is 6.07 Å². The fourth-order valence-electron chi connectivity index (χ4n) is 2.49. The second kappa shape index (κ2) is 11.2. The molecule has 0 aliphatic rings. The molecule has 2 aromatic carbocycles. The molecule has 160 valence electrons. The Morgan fingerprint density at radius 2 is 1.74 bits per heavy atom. The number of imide groups is 1. The van der Waals surface area contributed by atoms with Gasteiger partial charge >= 0.3 is 12.0 Å². The first-order chi connectivity index (χ1) is 14.8. The lowest BCUT2D eigenvalue weighted by Gasteiger charge is -2.13. The minimum absolute atomic E-state index is 0.238. The van der Waals surface area contributed by atoms with Crippen molar-refractivity contribution < 1.29 is 19.1 Å². The number of rotatable bonds is 7. The average molecular weight is 420 g/mol. The van der Waals surface area contributed by atoms with Crippen LogP contribution in [0.25, 0.3) is 6.08 Å². The zero-order valence-corrected chi connectivity index (χ0v) is 17.6. The van der Waals surface area contributed by atoms with Crippen LogP contribution in [0, 0.1) is 11.3 Å². The van der Waals surface area contributed by atoms with Gasteiger partial charge in [0.25, 0.3) is 5.91 Å². The third kappa shape index (κ3) is 7.33. The van der Waals surface area contributed by atoms with Gasteiger partial charge in [-0.25, -0.2) is 9.59 Å². The number of carbonyl (C=O) groups excluding carboxylic acids is 3. The molecule has 8 heteroatoms. The summed E-state index contributed by atoms with van der Waals surface area (Å²) in [5.74, 6) is -1.75.